The summed E-state index contributed by atoms with van der Waals surface area (Å²) in [7, 11) is 0. The van der Waals surface area contributed by atoms with E-state index in [0.717, 1.165) is 12.8 Å². The Morgan fingerprint density at radius 1 is 1.19 bits per heavy atom. The maximum Gasteiger partial charge on any atom is 0.329 e. The molecule has 0 unspecified atom stereocenters. The van der Waals surface area contributed by atoms with E-state index in [4.69, 9.17) is 4.74 Å². The quantitative estimate of drug-likeness (QED) is 0.238. The lowest BCUT2D eigenvalue weighted by Crippen LogP contribution is -2.53. The minimum absolute atomic E-state index is 0.103. The summed E-state index contributed by atoms with van der Waals surface area (Å²) in [6.07, 6.45) is 3.71. The molecule has 0 heterocycles. The van der Waals surface area contributed by atoms with E-state index in [1.807, 2.05) is 41.5 Å². The fraction of sp³-hybridized carbons (Fsp3) is 0.842. The molecule has 26 heavy (non-hydrogen) atoms. The first-order chi connectivity index (χ1) is 12.1. The predicted octanol–water partition coefficient (Wildman–Crippen LogP) is 2.90. The number of hydroxylamine groups is 2. The van der Waals surface area contributed by atoms with Gasteiger partial charge in [0.15, 0.2) is 0 Å². The Balaban J connectivity index is 5.23. The van der Waals surface area contributed by atoms with Gasteiger partial charge in [-0.15, -0.1) is 0 Å². The minimum Gasteiger partial charge on any atom is -0.461 e. The van der Waals surface area contributed by atoms with Crippen LogP contribution in [0.3, 0.4) is 0 Å². The Labute approximate surface area is 157 Å². The van der Waals surface area contributed by atoms with Gasteiger partial charge in [-0.05, 0) is 24.7 Å². The summed E-state index contributed by atoms with van der Waals surface area (Å²) >= 11 is 0. The van der Waals surface area contributed by atoms with Gasteiger partial charge in [-0.1, -0.05) is 54.4 Å². The molecule has 2 amide bonds. The second-order valence-electron chi connectivity index (χ2n) is 7.75. The van der Waals surface area contributed by atoms with Crippen LogP contribution in [0.15, 0.2) is 0 Å². The molecule has 7 heteroatoms. The summed E-state index contributed by atoms with van der Waals surface area (Å²) in [5.74, 6) is -1.40. The van der Waals surface area contributed by atoms with Crippen molar-refractivity contribution in [1.29, 1.82) is 0 Å². The molecule has 0 saturated carbocycles. The normalized spacial score (nSPS) is 13.8. The van der Waals surface area contributed by atoms with Crippen LogP contribution in [0.4, 0.5) is 0 Å². The van der Waals surface area contributed by atoms with Crippen LogP contribution in [-0.2, 0) is 19.1 Å². The molecule has 0 radical (unpaired) electrons. The zero-order chi connectivity index (χ0) is 20.3. The van der Waals surface area contributed by atoms with E-state index < -0.39 is 23.3 Å². The minimum atomic E-state index is -0.803. The Hall–Kier alpha value is -1.63. The van der Waals surface area contributed by atoms with Crippen molar-refractivity contribution in [3.05, 3.63) is 0 Å². The van der Waals surface area contributed by atoms with Gasteiger partial charge in [0, 0.05) is 0 Å². The molecule has 0 fully saturated rings. The first-order valence-electron chi connectivity index (χ1n) is 9.52. The van der Waals surface area contributed by atoms with Gasteiger partial charge in [-0.3, -0.25) is 14.8 Å². The SMILES string of the molecule is CCCC[C@@H](CN(O)C=O)C(=O)N[C@H](C(=O)OC(CC)CC)C(C)(C)C. The predicted molar refractivity (Wildman–Crippen MR) is 99.4 cm³/mol. The van der Waals surface area contributed by atoms with Gasteiger partial charge in [-0.2, -0.15) is 0 Å². The summed E-state index contributed by atoms with van der Waals surface area (Å²) in [6.45, 7) is 11.4. The number of rotatable bonds is 12. The lowest BCUT2D eigenvalue weighted by atomic mass is 9.86. The van der Waals surface area contributed by atoms with Crippen molar-refractivity contribution >= 4 is 18.3 Å². The van der Waals surface area contributed by atoms with Crippen LogP contribution >= 0.6 is 0 Å². The van der Waals surface area contributed by atoms with E-state index in [1.165, 1.54) is 0 Å². The number of esters is 1. The van der Waals surface area contributed by atoms with E-state index in [2.05, 4.69) is 5.32 Å². The number of unbranched alkanes of at least 4 members (excludes halogenated alkanes) is 1. The number of hydrogen-bond acceptors (Lipinski definition) is 5. The van der Waals surface area contributed by atoms with Crippen molar-refractivity contribution in [3.63, 3.8) is 0 Å². The summed E-state index contributed by atoms with van der Waals surface area (Å²) in [5, 5.41) is 12.7. The molecule has 0 saturated heterocycles. The first-order valence-corrected chi connectivity index (χ1v) is 9.52. The smallest absolute Gasteiger partial charge is 0.329 e. The molecule has 7 nitrogen and oxygen atoms in total. The van der Waals surface area contributed by atoms with Crippen LogP contribution < -0.4 is 5.32 Å². The first kappa shape index (κ1) is 24.4. The van der Waals surface area contributed by atoms with Crippen molar-refractivity contribution < 1.29 is 24.3 Å². The number of carbonyl (C=O) groups excluding carboxylic acids is 3. The maximum absolute atomic E-state index is 12.7. The standard InChI is InChI=1S/C19H36N2O5/c1-7-10-11-14(12-21(25)13-22)17(23)20-16(19(4,5)6)18(24)26-15(8-2)9-3/h13-16,25H,7-12H2,1-6H3,(H,20,23)/t14-,16+/m0/s1. The number of hydrogen-bond donors (Lipinski definition) is 2. The molecule has 0 spiro atoms. The molecule has 0 aromatic carbocycles. The van der Waals surface area contributed by atoms with Gasteiger partial charge in [0.25, 0.3) is 0 Å². The lowest BCUT2D eigenvalue weighted by Gasteiger charge is -2.32. The number of nitrogens with one attached hydrogen (secondary N) is 1. The molecule has 152 valence electrons. The number of amides is 2. The van der Waals surface area contributed by atoms with E-state index in [0.29, 0.717) is 24.3 Å². The average molecular weight is 373 g/mol. The van der Waals surface area contributed by atoms with E-state index in [-0.39, 0.29) is 25.0 Å². The monoisotopic (exact) mass is 372 g/mol. The highest BCUT2D eigenvalue weighted by Gasteiger charge is 2.36. The lowest BCUT2D eigenvalue weighted by molar-refractivity contribution is -0.159. The molecule has 0 aliphatic rings. The highest BCUT2D eigenvalue weighted by Crippen LogP contribution is 2.23. The van der Waals surface area contributed by atoms with E-state index in [1.54, 1.807) is 0 Å². The molecule has 0 aliphatic heterocycles. The fourth-order valence-electron chi connectivity index (χ4n) is 2.60. The van der Waals surface area contributed by atoms with Crippen LogP contribution in [0.2, 0.25) is 0 Å². The molecular formula is C19H36N2O5. The third kappa shape index (κ3) is 8.65. The Morgan fingerprint density at radius 2 is 1.77 bits per heavy atom. The van der Waals surface area contributed by atoms with Crippen LogP contribution in [0.1, 0.15) is 73.6 Å². The summed E-state index contributed by atoms with van der Waals surface area (Å²) < 4.78 is 5.53. The van der Waals surface area contributed by atoms with Crippen LogP contribution in [-0.4, -0.2) is 47.2 Å². The van der Waals surface area contributed by atoms with Crippen molar-refractivity contribution in [3.8, 4) is 0 Å². The van der Waals surface area contributed by atoms with Crippen molar-refractivity contribution in [2.24, 2.45) is 11.3 Å². The van der Waals surface area contributed by atoms with Gasteiger partial charge in [0.1, 0.15) is 12.1 Å². The highest BCUT2D eigenvalue weighted by atomic mass is 16.5. The molecule has 0 aliphatic carbocycles. The molecular weight excluding hydrogens is 336 g/mol. The molecule has 0 rings (SSSR count). The Kier molecular flexibility index (Phi) is 11.1. The molecule has 2 atom stereocenters. The average Bonchev–Trinajstić information content (AvgIpc) is 2.59. The summed E-state index contributed by atoms with van der Waals surface area (Å²) in [6, 6.07) is -0.803. The molecule has 0 aromatic rings. The van der Waals surface area contributed by atoms with E-state index in [9.17, 15) is 19.6 Å². The van der Waals surface area contributed by atoms with Crippen molar-refractivity contribution in [2.75, 3.05) is 6.54 Å². The van der Waals surface area contributed by atoms with Gasteiger partial charge in [-0.25, -0.2) is 9.86 Å². The zero-order valence-electron chi connectivity index (χ0n) is 17.1. The molecule has 0 aromatic heterocycles. The maximum atomic E-state index is 12.7. The number of nitrogens with zero attached hydrogens (tertiary/aromatic N) is 1. The van der Waals surface area contributed by atoms with Crippen molar-refractivity contribution in [1.82, 2.24) is 10.4 Å². The Morgan fingerprint density at radius 3 is 2.19 bits per heavy atom. The highest BCUT2D eigenvalue weighted by molar-refractivity contribution is 5.86. The second-order valence-corrected chi connectivity index (χ2v) is 7.75. The third-order valence-electron chi connectivity index (χ3n) is 4.39. The van der Waals surface area contributed by atoms with Crippen LogP contribution in [0.5, 0.6) is 0 Å². The third-order valence-corrected chi connectivity index (χ3v) is 4.39. The van der Waals surface area contributed by atoms with Crippen molar-refractivity contribution in [2.45, 2.75) is 85.8 Å². The van der Waals surface area contributed by atoms with Gasteiger partial charge < -0.3 is 10.1 Å². The largest absolute Gasteiger partial charge is 0.461 e. The molecule has 0 bridgehead atoms. The van der Waals surface area contributed by atoms with Gasteiger partial charge >= 0.3 is 5.97 Å². The summed E-state index contributed by atoms with van der Waals surface area (Å²) in [5.41, 5.74) is -0.530. The summed E-state index contributed by atoms with van der Waals surface area (Å²) in [4.78, 5) is 36.0. The zero-order valence-corrected chi connectivity index (χ0v) is 17.1. The van der Waals surface area contributed by atoms with Gasteiger partial charge in [0.05, 0.1) is 12.5 Å². The number of carbonyl (C=O) groups is 3. The molecule has 2 N–H and O–H groups in total. The number of ether oxygens (including phenoxy) is 1. The second kappa shape index (κ2) is 11.9. The van der Waals surface area contributed by atoms with Gasteiger partial charge in [0.2, 0.25) is 12.3 Å². The topological polar surface area (TPSA) is 95.9 Å². The fourth-order valence-corrected chi connectivity index (χ4v) is 2.60. The Bertz CT molecular complexity index is 444. The van der Waals surface area contributed by atoms with E-state index >= 15 is 0 Å². The van der Waals surface area contributed by atoms with Crippen LogP contribution in [0.25, 0.3) is 0 Å². The van der Waals surface area contributed by atoms with Crippen LogP contribution in [0, 0.1) is 11.3 Å².